The normalized spacial score (nSPS) is 13.9. The van der Waals surface area contributed by atoms with Gasteiger partial charge in [0.1, 0.15) is 0 Å². The Kier molecular flexibility index (Phi) is 8.94. The summed E-state index contributed by atoms with van der Waals surface area (Å²) in [5, 5.41) is 10.4. The Labute approximate surface area is 263 Å². The number of carbonyl (C=O) groups excluding carboxylic acids is 2. The van der Waals surface area contributed by atoms with Crippen LogP contribution in [0.25, 0.3) is 44.9 Å². The van der Waals surface area contributed by atoms with Crippen LogP contribution in [0.1, 0.15) is 84.2 Å². The first-order valence-corrected chi connectivity index (χ1v) is 14.7. The zero-order chi connectivity index (χ0) is 33.5. The van der Waals surface area contributed by atoms with Gasteiger partial charge in [-0.1, -0.05) is 0 Å². The molecule has 0 saturated carbocycles. The molecule has 0 saturated heterocycles. The van der Waals surface area contributed by atoms with Gasteiger partial charge in [0.05, 0.1) is 37.0 Å². The molecule has 0 fully saturated rings. The van der Waals surface area contributed by atoms with Crippen molar-refractivity contribution >= 4 is 56.8 Å². The standard InChI is InChI=1S/C34H35F3N4O5/c1-16-11-20-12-24-17(2)21(7-9-30(42)45-5)27(39-24)15-28-22(8-10-31(43)46-6)18(3)25(40-28)14-26-19(4)32(33(44)34(35,36)37)29(41-26)13-23(16)38-20/h11-15,33,39,41,44H,7-10H2,1-6H3. The second kappa shape index (κ2) is 12.6. The van der Waals surface area contributed by atoms with Gasteiger partial charge in [0.2, 0.25) is 0 Å². The molecule has 2 aliphatic rings. The van der Waals surface area contributed by atoms with Crippen LogP contribution in [0.4, 0.5) is 13.2 Å². The van der Waals surface area contributed by atoms with Gasteiger partial charge in [-0.3, -0.25) is 9.59 Å². The molecule has 5 heterocycles. The Morgan fingerprint density at radius 1 is 0.804 bits per heavy atom. The average molecular weight is 637 g/mol. The number of aromatic amines is 2. The highest BCUT2D eigenvalue weighted by atomic mass is 19.4. The van der Waals surface area contributed by atoms with Crippen molar-refractivity contribution in [3.8, 4) is 0 Å². The first-order valence-electron chi connectivity index (χ1n) is 14.7. The average Bonchev–Trinajstić information content (AvgIpc) is 3.68. The van der Waals surface area contributed by atoms with Crippen LogP contribution in [0.15, 0.2) is 24.3 Å². The maximum atomic E-state index is 13.9. The summed E-state index contributed by atoms with van der Waals surface area (Å²) in [5.74, 6) is -0.748. The van der Waals surface area contributed by atoms with Crippen LogP contribution in [-0.4, -0.2) is 57.4 Å². The zero-order valence-corrected chi connectivity index (χ0v) is 26.4. The van der Waals surface area contributed by atoms with Crippen LogP contribution >= 0.6 is 0 Å². The van der Waals surface area contributed by atoms with E-state index < -0.39 is 18.2 Å². The van der Waals surface area contributed by atoms with Crippen molar-refractivity contribution in [1.29, 1.82) is 0 Å². The zero-order valence-electron chi connectivity index (χ0n) is 26.4. The molecule has 0 aromatic carbocycles. The summed E-state index contributed by atoms with van der Waals surface area (Å²) in [5.41, 5.74) is 7.86. The first-order chi connectivity index (χ1) is 21.7. The third-order valence-electron chi connectivity index (χ3n) is 8.56. The van der Waals surface area contributed by atoms with Gasteiger partial charge < -0.3 is 24.5 Å². The minimum Gasteiger partial charge on any atom is -0.469 e. The molecule has 0 radical (unpaired) electrons. The van der Waals surface area contributed by atoms with Crippen molar-refractivity contribution in [3.63, 3.8) is 0 Å². The number of esters is 2. The Hall–Kier alpha value is -4.71. The number of methoxy groups -OCH3 is 2. The van der Waals surface area contributed by atoms with Crippen LogP contribution in [-0.2, 0) is 25.5 Å². The number of allylic oxidation sites excluding steroid dienone is 3. The smallest absolute Gasteiger partial charge is 0.418 e. The summed E-state index contributed by atoms with van der Waals surface area (Å²) in [6.07, 6.45) is -4.85. The molecule has 1 atom stereocenters. The molecule has 9 nitrogen and oxygen atoms in total. The predicted molar refractivity (Wildman–Crippen MR) is 169 cm³/mol. The Morgan fingerprint density at radius 2 is 1.39 bits per heavy atom. The highest BCUT2D eigenvalue weighted by molar-refractivity contribution is 5.94. The van der Waals surface area contributed by atoms with Gasteiger partial charge in [-0.25, -0.2) is 9.97 Å². The lowest BCUT2D eigenvalue weighted by molar-refractivity contribution is -0.206. The summed E-state index contributed by atoms with van der Waals surface area (Å²) in [6.45, 7) is 7.09. The van der Waals surface area contributed by atoms with Gasteiger partial charge in [-0.05, 0) is 104 Å². The predicted octanol–water partition coefficient (Wildman–Crippen LogP) is 7.08. The number of H-pyrrole nitrogens is 2. The van der Waals surface area contributed by atoms with Crippen LogP contribution < -0.4 is 0 Å². The van der Waals surface area contributed by atoms with E-state index in [0.29, 0.717) is 46.7 Å². The number of nitrogens with zero attached hydrogens (tertiary/aromatic N) is 2. The first kappa shape index (κ1) is 32.7. The van der Waals surface area contributed by atoms with Crippen molar-refractivity contribution in [1.82, 2.24) is 19.9 Å². The number of aromatic nitrogens is 4. The van der Waals surface area contributed by atoms with Crippen LogP contribution in [0.5, 0.6) is 0 Å². The quantitative estimate of drug-likeness (QED) is 0.236. The monoisotopic (exact) mass is 636 g/mol. The Bertz CT molecular complexity index is 1970. The minimum atomic E-state index is -4.90. The van der Waals surface area contributed by atoms with Gasteiger partial charge in [-0.2, -0.15) is 13.2 Å². The molecule has 12 heteroatoms. The molecule has 8 bridgehead atoms. The third kappa shape index (κ3) is 6.34. The van der Waals surface area contributed by atoms with E-state index in [2.05, 4.69) is 15.0 Å². The Morgan fingerprint density at radius 3 is 2.04 bits per heavy atom. The summed E-state index contributed by atoms with van der Waals surface area (Å²) >= 11 is 0. The number of aryl methyl sites for hydroxylation is 3. The van der Waals surface area contributed by atoms with E-state index >= 15 is 0 Å². The molecular formula is C34H35F3N4O5. The lowest BCUT2D eigenvalue weighted by Gasteiger charge is -2.15. The van der Waals surface area contributed by atoms with Crippen molar-refractivity contribution in [3.05, 3.63) is 69.3 Å². The number of aliphatic hydroxyl groups is 1. The topological polar surface area (TPSA) is 130 Å². The summed E-state index contributed by atoms with van der Waals surface area (Å²) in [6, 6.07) is 6.85. The summed E-state index contributed by atoms with van der Waals surface area (Å²) in [7, 11) is 2.65. The lowest BCUT2D eigenvalue weighted by Crippen LogP contribution is -2.20. The van der Waals surface area contributed by atoms with E-state index in [1.54, 1.807) is 6.07 Å². The fraction of sp³-hybridized carbons (Fsp3) is 0.353. The van der Waals surface area contributed by atoms with Crippen LogP contribution in [0.2, 0.25) is 0 Å². The van der Waals surface area contributed by atoms with Crippen molar-refractivity contribution in [2.45, 2.75) is 65.7 Å². The third-order valence-corrected chi connectivity index (χ3v) is 8.56. The largest absolute Gasteiger partial charge is 0.469 e. The van der Waals surface area contributed by atoms with E-state index in [1.165, 1.54) is 27.2 Å². The second-order valence-corrected chi connectivity index (χ2v) is 11.5. The fourth-order valence-electron chi connectivity index (χ4n) is 5.89. The summed E-state index contributed by atoms with van der Waals surface area (Å²) < 4.78 is 51.4. The summed E-state index contributed by atoms with van der Waals surface area (Å²) in [4.78, 5) is 40.3. The molecule has 2 aliphatic heterocycles. The molecule has 242 valence electrons. The molecule has 3 aromatic rings. The molecule has 0 spiro atoms. The molecular weight excluding hydrogens is 601 g/mol. The number of fused-ring (bicyclic) bond motifs is 8. The Balaban J connectivity index is 1.89. The minimum absolute atomic E-state index is 0.0822. The van der Waals surface area contributed by atoms with E-state index in [1.807, 2.05) is 39.0 Å². The molecule has 1 unspecified atom stereocenters. The van der Waals surface area contributed by atoms with Crippen LogP contribution in [0.3, 0.4) is 0 Å². The molecule has 46 heavy (non-hydrogen) atoms. The molecule has 3 aromatic heterocycles. The number of halogens is 3. The SMILES string of the molecule is COC(=O)CCC1=C(C)c2cc3[nH]c(cc4nc(cc5[nH]c(cc1n2)c(CCC(=O)OC)c5C)C=C4C)c(C(O)C(F)(F)F)c3C. The van der Waals surface area contributed by atoms with Gasteiger partial charge in [0, 0.05) is 40.5 Å². The highest BCUT2D eigenvalue weighted by Gasteiger charge is 2.41. The number of alkyl halides is 3. The van der Waals surface area contributed by atoms with Gasteiger partial charge >= 0.3 is 18.1 Å². The van der Waals surface area contributed by atoms with Crippen LogP contribution in [0, 0.1) is 13.8 Å². The number of nitrogens with one attached hydrogen (secondary N) is 2. The van der Waals surface area contributed by atoms with Gasteiger partial charge in [-0.15, -0.1) is 0 Å². The maximum absolute atomic E-state index is 13.9. The van der Waals surface area contributed by atoms with E-state index in [0.717, 1.165) is 33.4 Å². The van der Waals surface area contributed by atoms with E-state index in [9.17, 15) is 27.9 Å². The number of hydrogen-bond donors (Lipinski definition) is 3. The fourth-order valence-corrected chi connectivity index (χ4v) is 5.89. The van der Waals surface area contributed by atoms with E-state index in [-0.39, 0.29) is 35.5 Å². The highest BCUT2D eigenvalue weighted by Crippen LogP contribution is 2.39. The van der Waals surface area contributed by atoms with Crippen molar-refractivity contribution in [2.75, 3.05) is 14.2 Å². The lowest BCUT2D eigenvalue weighted by atomic mass is 10.00. The molecule has 0 aliphatic carbocycles. The molecule has 5 rings (SSSR count). The number of aliphatic hydroxyl groups excluding tert-OH is 1. The van der Waals surface area contributed by atoms with Crippen molar-refractivity contribution < 1.29 is 37.3 Å². The van der Waals surface area contributed by atoms with Crippen molar-refractivity contribution in [2.24, 2.45) is 0 Å². The molecule has 3 N–H and O–H groups in total. The number of hydrogen-bond acceptors (Lipinski definition) is 7. The van der Waals surface area contributed by atoms with E-state index in [4.69, 9.17) is 14.5 Å². The van der Waals surface area contributed by atoms with Gasteiger partial charge in [0.25, 0.3) is 0 Å². The second-order valence-electron chi connectivity index (χ2n) is 11.5. The van der Waals surface area contributed by atoms with Gasteiger partial charge in [0.15, 0.2) is 6.10 Å². The number of carbonyl (C=O) groups is 2. The maximum Gasteiger partial charge on any atom is 0.418 e. The number of rotatable bonds is 7. The number of ether oxygens (including phenoxy) is 2. The molecule has 0 amide bonds.